The summed E-state index contributed by atoms with van der Waals surface area (Å²) in [6.45, 7) is 2.77. The van der Waals surface area contributed by atoms with Crippen LogP contribution in [0.15, 0.2) is 0 Å². The number of nitrogens with zero attached hydrogens (tertiary/aromatic N) is 1. The zero-order chi connectivity index (χ0) is 14.5. The fourth-order valence-electron chi connectivity index (χ4n) is 2.46. The average molecular weight is 283 g/mol. The Kier molecular flexibility index (Phi) is 6.06. The monoisotopic (exact) mass is 283 g/mol. The van der Waals surface area contributed by atoms with Gasteiger partial charge in [-0.2, -0.15) is 13.2 Å². The molecule has 0 aliphatic carbocycles. The zero-order valence-electron chi connectivity index (χ0n) is 10.9. The van der Waals surface area contributed by atoms with Crippen LogP contribution in [0.3, 0.4) is 0 Å². The zero-order valence-corrected chi connectivity index (χ0v) is 10.9. The molecule has 0 spiro atoms. The third-order valence-corrected chi connectivity index (χ3v) is 3.21. The lowest BCUT2D eigenvalue weighted by Crippen LogP contribution is -2.49. The summed E-state index contributed by atoms with van der Waals surface area (Å²) >= 11 is 0. The molecule has 1 aliphatic heterocycles. The van der Waals surface area contributed by atoms with Gasteiger partial charge < -0.3 is 9.84 Å². The minimum absolute atomic E-state index is 0.407. The SMILES string of the molecule is CCCN1CCC[C@H]1[C@@H](OCCC(=O)O)C(F)(F)F. The van der Waals surface area contributed by atoms with Gasteiger partial charge in [0.1, 0.15) is 0 Å². The van der Waals surface area contributed by atoms with E-state index in [0.29, 0.717) is 19.5 Å². The van der Waals surface area contributed by atoms with Gasteiger partial charge in [-0.3, -0.25) is 9.69 Å². The molecule has 1 heterocycles. The number of aliphatic carboxylic acids is 1. The maximum Gasteiger partial charge on any atom is 0.416 e. The second kappa shape index (κ2) is 7.09. The Morgan fingerprint density at radius 1 is 1.53 bits per heavy atom. The normalized spacial score (nSPS) is 22.6. The van der Waals surface area contributed by atoms with E-state index in [4.69, 9.17) is 9.84 Å². The molecular weight excluding hydrogens is 263 g/mol. The predicted octanol–water partition coefficient (Wildman–Crippen LogP) is 2.28. The van der Waals surface area contributed by atoms with Gasteiger partial charge in [-0.05, 0) is 32.4 Å². The van der Waals surface area contributed by atoms with Crippen molar-refractivity contribution in [3.8, 4) is 0 Å². The Labute approximate surface area is 110 Å². The smallest absolute Gasteiger partial charge is 0.416 e. The topological polar surface area (TPSA) is 49.8 Å². The van der Waals surface area contributed by atoms with Gasteiger partial charge in [-0.15, -0.1) is 0 Å². The molecule has 0 bridgehead atoms. The van der Waals surface area contributed by atoms with Gasteiger partial charge in [-0.25, -0.2) is 0 Å². The Hall–Kier alpha value is -0.820. The van der Waals surface area contributed by atoms with E-state index in [-0.39, 0.29) is 0 Å². The fourth-order valence-corrected chi connectivity index (χ4v) is 2.46. The first-order valence-corrected chi connectivity index (χ1v) is 6.50. The van der Waals surface area contributed by atoms with E-state index in [0.717, 1.165) is 12.8 Å². The molecule has 0 amide bonds. The maximum absolute atomic E-state index is 13.0. The molecule has 0 unspecified atom stereocenters. The third kappa shape index (κ3) is 4.99. The van der Waals surface area contributed by atoms with Crippen LogP contribution in [0, 0.1) is 0 Å². The lowest BCUT2D eigenvalue weighted by molar-refractivity contribution is -0.236. The van der Waals surface area contributed by atoms with Crippen LogP contribution in [-0.4, -0.2) is 54.0 Å². The summed E-state index contributed by atoms with van der Waals surface area (Å²) in [5.74, 6) is -1.15. The molecule has 7 heteroatoms. The number of halogens is 3. The van der Waals surface area contributed by atoms with Crippen molar-refractivity contribution in [3.05, 3.63) is 0 Å². The molecule has 0 aromatic carbocycles. The largest absolute Gasteiger partial charge is 0.481 e. The van der Waals surface area contributed by atoms with Crippen molar-refractivity contribution in [1.29, 1.82) is 0 Å². The summed E-state index contributed by atoms with van der Waals surface area (Å²) < 4.78 is 43.9. The highest BCUT2D eigenvalue weighted by atomic mass is 19.4. The third-order valence-electron chi connectivity index (χ3n) is 3.21. The number of likely N-dealkylation sites (tertiary alicyclic amines) is 1. The van der Waals surface area contributed by atoms with Crippen molar-refractivity contribution < 1.29 is 27.8 Å². The van der Waals surface area contributed by atoms with Gasteiger partial charge in [-0.1, -0.05) is 6.92 Å². The summed E-state index contributed by atoms with van der Waals surface area (Å²) in [5, 5.41) is 8.46. The van der Waals surface area contributed by atoms with Crippen molar-refractivity contribution >= 4 is 5.97 Å². The number of ether oxygens (including phenoxy) is 1. The van der Waals surface area contributed by atoms with Crippen LogP contribution < -0.4 is 0 Å². The predicted molar refractivity (Wildman–Crippen MR) is 62.9 cm³/mol. The molecule has 4 nitrogen and oxygen atoms in total. The molecule has 0 aromatic rings. The second-order valence-electron chi connectivity index (χ2n) is 4.72. The minimum Gasteiger partial charge on any atom is -0.481 e. The van der Waals surface area contributed by atoms with Crippen LogP contribution in [0.2, 0.25) is 0 Å². The summed E-state index contributed by atoms with van der Waals surface area (Å²) in [5.41, 5.74) is 0. The molecule has 0 radical (unpaired) electrons. The quantitative estimate of drug-likeness (QED) is 0.779. The van der Waals surface area contributed by atoms with E-state index < -0.39 is 37.3 Å². The van der Waals surface area contributed by atoms with Crippen LogP contribution in [0.1, 0.15) is 32.6 Å². The molecule has 1 fully saturated rings. The summed E-state index contributed by atoms with van der Waals surface area (Å²) in [7, 11) is 0. The highest BCUT2D eigenvalue weighted by molar-refractivity contribution is 5.66. The van der Waals surface area contributed by atoms with Crippen molar-refractivity contribution in [1.82, 2.24) is 4.90 Å². The first-order chi connectivity index (χ1) is 8.86. The van der Waals surface area contributed by atoms with E-state index in [1.54, 1.807) is 4.90 Å². The van der Waals surface area contributed by atoms with Crippen molar-refractivity contribution in [2.24, 2.45) is 0 Å². The van der Waals surface area contributed by atoms with Crippen LogP contribution in [0.5, 0.6) is 0 Å². The number of hydrogen-bond acceptors (Lipinski definition) is 3. The number of rotatable bonds is 7. The number of carbonyl (C=O) groups is 1. The second-order valence-corrected chi connectivity index (χ2v) is 4.72. The van der Waals surface area contributed by atoms with Gasteiger partial charge in [0, 0.05) is 6.04 Å². The van der Waals surface area contributed by atoms with Crippen LogP contribution >= 0.6 is 0 Å². The van der Waals surface area contributed by atoms with Crippen LogP contribution in [0.4, 0.5) is 13.2 Å². The average Bonchev–Trinajstić information content (AvgIpc) is 2.71. The molecule has 1 aliphatic rings. The van der Waals surface area contributed by atoms with Gasteiger partial charge in [0.15, 0.2) is 6.10 Å². The number of carboxylic acids is 1. The standard InChI is InChI=1S/C12H20F3NO3/c1-2-6-16-7-3-4-9(16)11(12(13,14)15)19-8-5-10(17)18/h9,11H,2-8H2,1H3,(H,17,18)/t9-,11+/m0/s1. The van der Waals surface area contributed by atoms with Crippen LogP contribution in [-0.2, 0) is 9.53 Å². The van der Waals surface area contributed by atoms with Gasteiger partial charge in [0.05, 0.1) is 13.0 Å². The number of alkyl halides is 3. The molecule has 19 heavy (non-hydrogen) atoms. The Bertz CT molecular complexity index is 296. The van der Waals surface area contributed by atoms with Gasteiger partial charge in [0.2, 0.25) is 0 Å². The van der Waals surface area contributed by atoms with Crippen molar-refractivity contribution in [3.63, 3.8) is 0 Å². The Balaban J connectivity index is 2.65. The first-order valence-electron chi connectivity index (χ1n) is 6.50. The minimum atomic E-state index is -4.46. The lowest BCUT2D eigenvalue weighted by atomic mass is 10.1. The van der Waals surface area contributed by atoms with E-state index in [1.807, 2.05) is 6.92 Å². The molecule has 1 rings (SSSR count). The number of hydrogen-bond donors (Lipinski definition) is 1. The van der Waals surface area contributed by atoms with Crippen molar-refractivity contribution in [2.75, 3.05) is 19.7 Å². The summed E-state index contributed by atoms with van der Waals surface area (Å²) in [6.07, 6.45) is -4.81. The molecule has 1 N–H and O–H groups in total. The van der Waals surface area contributed by atoms with E-state index in [1.165, 1.54) is 0 Å². The van der Waals surface area contributed by atoms with Crippen LogP contribution in [0.25, 0.3) is 0 Å². The van der Waals surface area contributed by atoms with E-state index in [2.05, 4.69) is 0 Å². The summed E-state index contributed by atoms with van der Waals surface area (Å²) in [4.78, 5) is 12.1. The Morgan fingerprint density at radius 3 is 2.74 bits per heavy atom. The lowest BCUT2D eigenvalue weighted by Gasteiger charge is -2.32. The maximum atomic E-state index is 13.0. The molecular formula is C12H20F3NO3. The van der Waals surface area contributed by atoms with Gasteiger partial charge in [0.25, 0.3) is 0 Å². The molecule has 0 aromatic heterocycles. The Morgan fingerprint density at radius 2 is 2.21 bits per heavy atom. The van der Waals surface area contributed by atoms with Crippen molar-refractivity contribution in [2.45, 2.75) is 50.9 Å². The van der Waals surface area contributed by atoms with Gasteiger partial charge >= 0.3 is 12.1 Å². The highest BCUT2D eigenvalue weighted by Crippen LogP contribution is 2.33. The summed E-state index contributed by atoms with van der Waals surface area (Å²) in [6, 6.07) is -0.686. The fraction of sp³-hybridized carbons (Fsp3) is 0.917. The van der Waals surface area contributed by atoms with E-state index >= 15 is 0 Å². The molecule has 0 saturated carbocycles. The molecule has 1 saturated heterocycles. The van der Waals surface area contributed by atoms with E-state index in [9.17, 15) is 18.0 Å². The number of carboxylic acid groups (broad SMARTS) is 1. The molecule has 112 valence electrons. The first kappa shape index (κ1) is 16.2. The highest BCUT2D eigenvalue weighted by Gasteiger charge is 2.48. The molecule has 2 atom stereocenters.